The minimum atomic E-state index is -0.798. The van der Waals surface area contributed by atoms with Crippen molar-refractivity contribution in [2.24, 2.45) is 0 Å². The van der Waals surface area contributed by atoms with E-state index in [1.165, 1.54) is 7.11 Å². The lowest BCUT2D eigenvalue weighted by molar-refractivity contribution is -0.128. The molecule has 30 heavy (non-hydrogen) atoms. The van der Waals surface area contributed by atoms with Gasteiger partial charge in [-0.3, -0.25) is 9.59 Å². The number of ether oxygens (including phenoxy) is 3. The molecule has 1 N–H and O–H groups in total. The van der Waals surface area contributed by atoms with Crippen LogP contribution in [0.3, 0.4) is 0 Å². The molecular formula is C23H28N2O5. The Morgan fingerprint density at radius 1 is 1.13 bits per heavy atom. The van der Waals surface area contributed by atoms with Crippen molar-refractivity contribution >= 4 is 17.5 Å². The Labute approximate surface area is 176 Å². The van der Waals surface area contributed by atoms with Crippen LogP contribution in [0.2, 0.25) is 0 Å². The standard InChI is InChI=1S/C23H28N2O5/c1-5-15(6-2)24-22(26)21-14-25(18-9-7-8-10-19(18)30-21)23(27)17-12-11-16(28-3)13-20(17)29-4/h7-13,15,21H,5-6,14H2,1-4H3,(H,24,26). The van der Waals surface area contributed by atoms with Gasteiger partial charge in [-0.1, -0.05) is 26.0 Å². The number of nitrogens with one attached hydrogen (secondary N) is 1. The molecule has 2 aromatic rings. The van der Waals surface area contributed by atoms with Crippen LogP contribution in [0.25, 0.3) is 0 Å². The number of nitrogens with zero attached hydrogens (tertiary/aromatic N) is 1. The predicted octanol–water partition coefficient (Wildman–Crippen LogP) is 3.42. The molecule has 0 saturated heterocycles. The molecule has 0 fully saturated rings. The minimum absolute atomic E-state index is 0.0732. The van der Waals surface area contributed by atoms with Crippen LogP contribution >= 0.6 is 0 Å². The Bertz CT molecular complexity index is 910. The van der Waals surface area contributed by atoms with Gasteiger partial charge in [0.1, 0.15) is 17.2 Å². The second kappa shape index (κ2) is 9.52. The summed E-state index contributed by atoms with van der Waals surface area (Å²) in [5.41, 5.74) is 1.00. The molecule has 2 amide bonds. The number of carbonyl (C=O) groups excluding carboxylic acids is 2. The molecule has 1 atom stereocenters. The molecule has 1 heterocycles. The van der Waals surface area contributed by atoms with Gasteiger partial charge in [-0.05, 0) is 37.1 Å². The van der Waals surface area contributed by atoms with Crippen LogP contribution in [0.15, 0.2) is 42.5 Å². The molecule has 7 heteroatoms. The second-order valence-corrected chi connectivity index (χ2v) is 7.08. The van der Waals surface area contributed by atoms with Crippen LogP contribution < -0.4 is 24.4 Å². The maximum atomic E-state index is 13.5. The summed E-state index contributed by atoms with van der Waals surface area (Å²) in [4.78, 5) is 27.9. The molecular weight excluding hydrogens is 384 g/mol. The fourth-order valence-electron chi connectivity index (χ4n) is 3.47. The first kappa shape index (κ1) is 21.5. The van der Waals surface area contributed by atoms with Gasteiger partial charge < -0.3 is 24.4 Å². The Kier molecular flexibility index (Phi) is 6.82. The number of para-hydroxylation sites is 2. The van der Waals surface area contributed by atoms with Crippen LogP contribution in [0, 0.1) is 0 Å². The minimum Gasteiger partial charge on any atom is -0.497 e. The van der Waals surface area contributed by atoms with Gasteiger partial charge in [0.2, 0.25) is 0 Å². The van der Waals surface area contributed by atoms with Crippen molar-refractivity contribution in [1.29, 1.82) is 0 Å². The summed E-state index contributed by atoms with van der Waals surface area (Å²) >= 11 is 0. The Morgan fingerprint density at radius 2 is 1.87 bits per heavy atom. The van der Waals surface area contributed by atoms with Gasteiger partial charge in [-0.15, -0.1) is 0 Å². The van der Waals surface area contributed by atoms with Crippen LogP contribution in [0.5, 0.6) is 17.2 Å². The molecule has 3 rings (SSSR count). The average Bonchev–Trinajstić information content (AvgIpc) is 2.80. The van der Waals surface area contributed by atoms with Crippen LogP contribution in [0.4, 0.5) is 5.69 Å². The topological polar surface area (TPSA) is 77.1 Å². The van der Waals surface area contributed by atoms with E-state index in [0.29, 0.717) is 28.5 Å². The summed E-state index contributed by atoms with van der Waals surface area (Å²) in [5.74, 6) is 0.993. The van der Waals surface area contributed by atoms with E-state index in [0.717, 1.165) is 12.8 Å². The molecule has 0 aliphatic carbocycles. The first-order chi connectivity index (χ1) is 14.5. The van der Waals surface area contributed by atoms with Crippen molar-refractivity contribution < 1.29 is 23.8 Å². The molecule has 0 spiro atoms. The molecule has 1 unspecified atom stereocenters. The number of methoxy groups -OCH3 is 2. The van der Waals surface area contributed by atoms with Crippen LogP contribution in [0.1, 0.15) is 37.0 Å². The first-order valence-electron chi connectivity index (χ1n) is 10.1. The van der Waals surface area contributed by atoms with Crippen molar-refractivity contribution in [1.82, 2.24) is 5.32 Å². The van der Waals surface area contributed by atoms with Gasteiger partial charge in [0.25, 0.3) is 11.8 Å². The van der Waals surface area contributed by atoms with E-state index < -0.39 is 6.10 Å². The fourth-order valence-corrected chi connectivity index (χ4v) is 3.47. The molecule has 1 aliphatic rings. The molecule has 2 aromatic carbocycles. The van der Waals surface area contributed by atoms with Crippen LogP contribution in [-0.2, 0) is 4.79 Å². The highest BCUT2D eigenvalue weighted by molar-refractivity contribution is 6.09. The summed E-state index contributed by atoms with van der Waals surface area (Å²) in [6.45, 7) is 4.16. The van der Waals surface area contributed by atoms with Crippen LogP contribution in [-0.4, -0.2) is 44.7 Å². The van der Waals surface area contributed by atoms with Crippen molar-refractivity contribution in [3.63, 3.8) is 0 Å². The van der Waals surface area contributed by atoms with Gasteiger partial charge in [0, 0.05) is 12.1 Å². The van der Waals surface area contributed by atoms with Gasteiger partial charge in [0.15, 0.2) is 6.10 Å². The quantitative estimate of drug-likeness (QED) is 0.754. The largest absolute Gasteiger partial charge is 0.497 e. The zero-order chi connectivity index (χ0) is 21.7. The summed E-state index contributed by atoms with van der Waals surface area (Å²) in [6.07, 6.45) is 0.864. The molecule has 0 saturated carbocycles. The van der Waals surface area contributed by atoms with Crippen molar-refractivity contribution in [3.8, 4) is 17.2 Å². The van der Waals surface area contributed by atoms with E-state index in [1.54, 1.807) is 42.3 Å². The molecule has 0 bridgehead atoms. The van der Waals surface area contributed by atoms with Gasteiger partial charge in [-0.25, -0.2) is 0 Å². The highest BCUT2D eigenvalue weighted by atomic mass is 16.5. The van der Waals surface area contributed by atoms with Crippen molar-refractivity contribution in [2.45, 2.75) is 38.8 Å². The third-order valence-electron chi connectivity index (χ3n) is 5.28. The van der Waals surface area contributed by atoms with E-state index in [-0.39, 0.29) is 24.4 Å². The Balaban J connectivity index is 1.93. The van der Waals surface area contributed by atoms with E-state index in [9.17, 15) is 9.59 Å². The summed E-state index contributed by atoms with van der Waals surface area (Å²) in [6, 6.07) is 12.3. The molecule has 160 valence electrons. The van der Waals surface area contributed by atoms with E-state index in [4.69, 9.17) is 14.2 Å². The SMILES string of the molecule is CCC(CC)NC(=O)C1CN(C(=O)c2ccc(OC)cc2OC)c2ccccc2O1. The highest BCUT2D eigenvalue weighted by Crippen LogP contribution is 2.36. The summed E-state index contributed by atoms with van der Waals surface area (Å²) in [7, 11) is 3.06. The number of anilines is 1. The zero-order valence-corrected chi connectivity index (χ0v) is 17.8. The average molecular weight is 412 g/mol. The van der Waals surface area contributed by atoms with Gasteiger partial charge in [-0.2, -0.15) is 0 Å². The maximum Gasteiger partial charge on any atom is 0.263 e. The van der Waals surface area contributed by atoms with Gasteiger partial charge >= 0.3 is 0 Å². The van der Waals surface area contributed by atoms with Crippen molar-refractivity contribution in [3.05, 3.63) is 48.0 Å². The number of amides is 2. The maximum absolute atomic E-state index is 13.5. The third kappa shape index (κ3) is 4.35. The first-order valence-corrected chi connectivity index (χ1v) is 10.1. The number of carbonyl (C=O) groups is 2. The lowest BCUT2D eigenvalue weighted by Gasteiger charge is -2.35. The fraction of sp³-hybridized carbons (Fsp3) is 0.391. The van der Waals surface area contributed by atoms with Gasteiger partial charge in [0.05, 0.1) is 32.0 Å². The smallest absolute Gasteiger partial charge is 0.263 e. The van der Waals surface area contributed by atoms with Crippen molar-refractivity contribution in [2.75, 3.05) is 25.7 Å². The van der Waals surface area contributed by atoms with E-state index in [2.05, 4.69) is 5.32 Å². The Morgan fingerprint density at radius 3 is 2.53 bits per heavy atom. The number of fused-ring (bicyclic) bond motifs is 1. The monoisotopic (exact) mass is 412 g/mol. The molecule has 7 nitrogen and oxygen atoms in total. The lowest BCUT2D eigenvalue weighted by atomic mass is 10.1. The lowest BCUT2D eigenvalue weighted by Crippen LogP contribution is -2.52. The number of benzene rings is 2. The van der Waals surface area contributed by atoms with E-state index >= 15 is 0 Å². The highest BCUT2D eigenvalue weighted by Gasteiger charge is 2.35. The summed E-state index contributed by atoms with van der Waals surface area (Å²) < 4.78 is 16.6. The molecule has 0 aromatic heterocycles. The third-order valence-corrected chi connectivity index (χ3v) is 5.28. The molecule has 0 radical (unpaired) electrons. The van der Waals surface area contributed by atoms with E-state index in [1.807, 2.05) is 26.0 Å². The normalized spacial score (nSPS) is 15.2. The predicted molar refractivity (Wildman–Crippen MR) is 115 cm³/mol. The number of hydrogen-bond acceptors (Lipinski definition) is 5. The summed E-state index contributed by atoms with van der Waals surface area (Å²) in [5, 5.41) is 3.01. The zero-order valence-electron chi connectivity index (χ0n) is 17.8. The second-order valence-electron chi connectivity index (χ2n) is 7.08. The number of hydrogen-bond donors (Lipinski definition) is 1. The molecule has 1 aliphatic heterocycles. The number of rotatable bonds is 7. The Hall–Kier alpha value is -3.22.